The molecule has 1 heterocycles. The van der Waals surface area contributed by atoms with Gasteiger partial charge in [0.05, 0.1) is 10.6 Å². The summed E-state index contributed by atoms with van der Waals surface area (Å²) in [4.78, 5) is 26.2. The van der Waals surface area contributed by atoms with Crippen LogP contribution in [-0.2, 0) is 9.59 Å². The van der Waals surface area contributed by atoms with Crippen molar-refractivity contribution in [3.63, 3.8) is 0 Å². The molecule has 1 N–H and O–H groups in total. The van der Waals surface area contributed by atoms with Crippen molar-refractivity contribution in [2.45, 2.75) is 45.6 Å². The number of benzene rings is 2. The van der Waals surface area contributed by atoms with Gasteiger partial charge in [-0.2, -0.15) is 0 Å². The standard InChI is InChI=1S/C24H25NO4S2/c1-4-15(3)17-8-10-18(11-9-17)25-22(26)21(31-24(25)30)14-16-6-12-19(13-7-16)29-20(5-2)23(27)28/h6-15,20H,4-5H2,1-3H3,(H,27,28)/b21-14+. The van der Waals surface area contributed by atoms with Crippen molar-refractivity contribution in [3.05, 3.63) is 64.6 Å². The summed E-state index contributed by atoms with van der Waals surface area (Å²) < 4.78 is 5.98. The molecule has 1 saturated heterocycles. The van der Waals surface area contributed by atoms with E-state index in [1.54, 1.807) is 42.2 Å². The van der Waals surface area contributed by atoms with Crippen LogP contribution >= 0.6 is 24.0 Å². The average molecular weight is 456 g/mol. The number of amides is 1. The van der Waals surface area contributed by atoms with Crippen LogP contribution in [0.15, 0.2) is 53.4 Å². The van der Waals surface area contributed by atoms with Gasteiger partial charge >= 0.3 is 5.97 Å². The Morgan fingerprint density at radius 3 is 2.32 bits per heavy atom. The molecule has 3 rings (SSSR count). The molecule has 162 valence electrons. The Bertz CT molecular complexity index is 999. The second-order valence-electron chi connectivity index (χ2n) is 7.34. The molecule has 2 atom stereocenters. The first kappa shape index (κ1) is 23.0. The number of aliphatic carboxylic acids is 1. The Labute approximate surface area is 192 Å². The number of carboxylic acid groups (broad SMARTS) is 1. The monoisotopic (exact) mass is 455 g/mol. The van der Waals surface area contributed by atoms with E-state index in [1.165, 1.54) is 17.3 Å². The van der Waals surface area contributed by atoms with Crippen molar-refractivity contribution in [1.82, 2.24) is 0 Å². The third-order valence-electron chi connectivity index (χ3n) is 5.23. The highest BCUT2D eigenvalue weighted by Gasteiger charge is 2.33. The van der Waals surface area contributed by atoms with E-state index in [9.17, 15) is 9.59 Å². The third kappa shape index (κ3) is 5.35. The van der Waals surface area contributed by atoms with E-state index in [2.05, 4.69) is 13.8 Å². The van der Waals surface area contributed by atoms with Crippen LogP contribution < -0.4 is 9.64 Å². The molecule has 0 saturated carbocycles. The maximum atomic E-state index is 13.0. The summed E-state index contributed by atoms with van der Waals surface area (Å²) in [6.45, 7) is 6.09. The van der Waals surface area contributed by atoms with Crippen molar-refractivity contribution < 1.29 is 19.4 Å². The van der Waals surface area contributed by atoms with Gasteiger partial charge in [-0.05, 0) is 60.2 Å². The number of carbonyl (C=O) groups excluding carboxylic acids is 1. The molecule has 5 nitrogen and oxygen atoms in total. The van der Waals surface area contributed by atoms with Crippen molar-refractivity contribution >= 4 is 51.9 Å². The Hall–Kier alpha value is -2.64. The highest BCUT2D eigenvalue weighted by atomic mass is 32.2. The Kier molecular flexibility index (Phi) is 7.51. The summed E-state index contributed by atoms with van der Waals surface area (Å²) in [5, 5.41) is 9.11. The molecule has 7 heteroatoms. The van der Waals surface area contributed by atoms with Gasteiger partial charge in [0.2, 0.25) is 0 Å². The van der Waals surface area contributed by atoms with E-state index in [4.69, 9.17) is 22.1 Å². The minimum absolute atomic E-state index is 0.149. The minimum Gasteiger partial charge on any atom is -0.479 e. The topological polar surface area (TPSA) is 66.8 Å². The molecule has 31 heavy (non-hydrogen) atoms. The molecule has 2 aromatic rings. The van der Waals surface area contributed by atoms with Crippen LogP contribution in [0.2, 0.25) is 0 Å². The summed E-state index contributed by atoms with van der Waals surface area (Å²) in [5.74, 6) is -0.202. The fourth-order valence-corrected chi connectivity index (χ4v) is 4.44. The predicted octanol–water partition coefficient (Wildman–Crippen LogP) is 5.85. The molecule has 0 spiro atoms. The molecule has 0 radical (unpaired) electrons. The predicted molar refractivity (Wildman–Crippen MR) is 130 cm³/mol. The van der Waals surface area contributed by atoms with Crippen LogP contribution in [0.1, 0.15) is 50.7 Å². The van der Waals surface area contributed by atoms with Crippen LogP contribution in [0.4, 0.5) is 5.69 Å². The summed E-state index contributed by atoms with van der Waals surface area (Å²) in [6.07, 6.45) is 2.33. The number of ether oxygens (including phenoxy) is 1. The Balaban J connectivity index is 1.75. The molecule has 2 aromatic carbocycles. The van der Waals surface area contributed by atoms with Gasteiger partial charge in [-0.1, -0.05) is 69.0 Å². The molecule has 1 aliphatic heterocycles. The summed E-state index contributed by atoms with van der Waals surface area (Å²) in [6, 6.07) is 14.9. The third-order valence-corrected chi connectivity index (χ3v) is 6.53. The number of anilines is 1. The molecular formula is C24H25NO4S2. The fraction of sp³-hybridized carbons (Fsp3) is 0.292. The maximum Gasteiger partial charge on any atom is 0.344 e. The first-order valence-corrected chi connectivity index (χ1v) is 11.4. The number of nitrogens with zero attached hydrogens (tertiary/aromatic N) is 1. The molecule has 2 unspecified atom stereocenters. The number of hydrogen-bond donors (Lipinski definition) is 1. The second kappa shape index (κ2) is 10.1. The Morgan fingerprint density at radius 2 is 1.77 bits per heavy atom. The quantitative estimate of drug-likeness (QED) is 0.398. The first-order chi connectivity index (χ1) is 14.8. The van der Waals surface area contributed by atoms with E-state index in [0.29, 0.717) is 27.3 Å². The van der Waals surface area contributed by atoms with Gasteiger partial charge < -0.3 is 9.84 Å². The SMILES string of the molecule is CCC(Oc1ccc(/C=C2/SC(=S)N(c3ccc(C(C)CC)cc3)C2=O)cc1)C(=O)O. The molecule has 1 aliphatic rings. The number of thioether (sulfide) groups is 1. The van der Waals surface area contributed by atoms with E-state index in [0.717, 1.165) is 17.7 Å². The summed E-state index contributed by atoms with van der Waals surface area (Å²) in [7, 11) is 0. The lowest BCUT2D eigenvalue weighted by Gasteiger charge is -2.16. The van der Waals surface area contributed by atoms with Gasteiger partial charge in [0, 0.05) is 0 Å². The van der Waals surface area contributed by atoms with Crippen LogP contribution in [-0.4, -0.2) is 27.4 Å². The minimum atomic E-state index is -0.993. The number of hydrogen-bond acceptors (Lipinski definition) is 5. The zero-order valence-corrected chi connectivity index (χ0v) is 19.3. The molecule has 1 fully saturated rings. The van der Waals surface area contributed by atoms with Gasteiger partial charge in [0.15, 0.2) is 10.4 Å². The Morgan fingerprint density at radius 1 is 1.13 bits per heavy atom. The lowest BCUT2D eigenvalue weighted by atomic mass is 9.98. The normalized spacial score (nSPS) is 17.1. The van der Waals surface area contributed by atoms with Crippen molar-refractivity contribution in [1.29, 1.82) is 0 Å². The van der Waals surface area contributed by atoms with Gasteiger partial charge in [0.1, 0.15) is 5.75 Å². The fourth-order valence-electron chi connectivity index (χ4n) is 3.14. The molecule has 0 bridgehead atoms. The number of rotatable bonds is 8. The van der Waals surface area contributed by atoms with Crippen molar-refractivity contribution in [2.75, 3.05) is 4.90 Å². The van der Waals surface area contributed by atoms with Gasteiger partial charge in [-0.15, -0.1) is 0 Å². The average Bonchev–Trinajstić information content (AvgIpc) is 3.05. The number of thiocarbonyl (C=S) groups is 1. The van der Waals surface area contributed by atoms with Crippen LogP contribution in [0, 0.1) is 0 Å². The largest absolute Gasteiger partial charge is 0.479 e. The van der Waals surface area contributed by atoms with Gasteiger partial charge in [0.25, 0.3) is 5.91 Å². The van der Waals surface area contributed by atoms with E-state index in [-0.39, 0.29) is 5.91 Å². The van der Waals surface area contributed by atoms with Crippen LogP contribution in [0.25, 0.3) is 6.08 Å². The van der Waals surface area contributed by atoms with Gasteiger partial charge in [-0.3, -0.25) is 9.69 Å². The number of carbonyl (C=O) groups is 2. The van der Waals surface area contributed by atoms with Crippen molar-refractivity contribution in [2.24, 2.45) is 0 Å². The highest BCUT2D eigenvalue weighted by Crippen LogP contribution is 2.36. The lowest BCUT2D eigenvalue weighted by Crippen LogP contribution is -2.27. The zero-order chi connectivity index (χ0) is 22.5. The van der Waals surface area contributed by atoms with Crippen molar-refractivity contribution in [3.8, 4) is 5.75 Å². The van der Waals surface area contributed by atoms with E-state index >= 15 is 0 Å². The van der Waals surface area contributed by atoms with Crippen LogP contribution in [0.5, 0.6) is 5.75 Å². The van der Waals surface area contributed by atoms with Crippen LogP contribution in [0.3, 0.4) is 0 Å². The highest BCUT2D eigenvalue weighted by molar-refractivity contribution is 8.27. The smallest absolute Gasteiger partial charge is 0.344 e. The van der Waals surface area contributed by atoms with E-state index in [1.807, 2.05) is 24.3 Å². The molecule has 0 aliphatic carbocycles. The first-order valence-electron chi connectivity index (χ1n) is 10.2. The summed E-state index contributed by atoms with van der Waals surface area (Å²) in [5.41, 5.74) is 2.81. The zero-order valence-electron chi connectivity index (χ0n) is 17.7. The molecular weight excluding hydrogens is 430 g/mol. The molecule has 1 amide bonds. The van der Waals surface area contributed by atoms with E-state index < -0.39 is 12.1 Å². The second-order valence-corrected chi connectivity index (χ2v) is 9.02. The molecule has 0 aromatic heterocycles. The lowest BCUT2D eigenvalue weighted by molar-refractivity contribution is -0.145. The summed E-state index contributed by atoms with van der Waals surface area (Å²) >= 11 is 6.73. The maximum absolute atomic E-state index is 13.0. The number of carboxylic acids is 1. The van der Waals surface area contributed by atoms with Gasteiger partial charge in [-0.25, -0.2) is 4.79 Å².